The lowest BCUT2D eigenvalue weighted by Gasteiger charge is -2.29. The van der Waals surface area contributed by atoms with Gasteiger partial charge in [-0.2, -0.15) is 0 Å². The molecule has 0 aliphatic carbocycles. The number of aromatic nitrogens is 1. The minimum Gasteiger partial charge on any atom is -0.497 e. The van der Waals surface area contributed by atoms with E-state index >= 15 is 0 Å². The third-order valence-corrected chi connectivity index (χ3v) is 7.04. The van der Waals surface area contributed by atoms with Gasteiger partial charge in [-0.1, -0.05) is 6.07 Å². The topological polar surface area (TPSA) is 51.5 Å². The van der Waals surface area contributed by atoms with Crippen molar-refractivity contribution in [2.45, 2.75) is 30.6 Å². The van der Waals surface area contributed by atoms with Crippen LogP contribution in [0.25, 0.3) is 10.9 Å². The van der Waals surface area contributed by atoms with E-state index in [2.05, 4.69) is 4.90 Å². The van der Waals surface area contributed by atoms with Crippen molar-refractivity contribution >= 4 is 26.6 Å². The molecule has 1 aliphatic rings. The summed E-state index contributed by atoms with van der Waals surface area (Å²) in [5, 5.41) is 0.307. The van der Waals surface area contributed by atoms with Crippen LogP contribution in [0.3, 0.4) is 0 Å². The molecule has 0 N–H and O–H groups in total. The van der Waals surface area contributed by atoms with Crippen molar-refractivity contribution in [3.05, 3.63) is 54.2 Å². The van der Waals surface area contributed by atoms with Gasteiger partial charge in [-0.3, -0.25) is 0 Å². The van der Waals surface area contributed by atoms with Crippen LogP contribution in [0.4, 0.5) is 14.5 Å². The lowest BCUT2D eigenvalue weighted by atomic mass is 10.1. The summed E-state index contributed by atoms with van der Waals surface area (Å²) in [5.74, 6) is 0.516. The van der Waals surface area contributed by atoms with Gasteiger partial charge in [0.05, 0.1) is 17.5 Å². The molecule has 154 valence electrons. The normalized spacial score (nSPS) is 15.2. The predicted molar refractivity (Wildman–Crippen MR) is 109 cm³/mol. The summed E-state index contributed by atoms with van der Waals surface area (Å²) < 4.78 is 60.3. The second-order valence-corrected chi connectivity index (χ2v) is 8.90. The monoisotopic (exact) mass is 420 g/mol. The third kappa shape index (κ3) is 3.46. The second-order valence-electron chi connectivity index (χ2n) is 7.08. The van der Waals surface area contributed by atoms with Gasteiger partial charge in [-0.25, -0.2) is 21.2 Å². The highest BCUT2D eigenvalue weighted by atomic mass is 32.2. The maximum absolute atomic E-state index is 13.9. The number of fused-ring (bicyclic) bond motifs is 1. The first-order valence-electron chi connectivity index (χ1n) is 9.50. The van der Waals surface area contributed by atoms with Crippen molar-refractivity contribution in [2.75, 3.05) is 25.1 Å². The molecular weight excluding hydrogens is 398 g/mol. The van der Waals surface area contributed by atoms with E-state index in [1.54, 1.807) is 18.2 Å². The number of hydrogen-bond donors (Lipinski definition) is 0. The number of halogens is 2. The molecule has 3 aromatic rings. The number of alkyl halides is 2. The number of anilines is 1. The number of ether oxygens (including phenoxy) is 1. The molecule has 4 rings (SSSR count). The zero-order chi connectivity index (χ0) is 20.6. The third-order valence-electron chi connectivity index (χ3n) is 5.35. The SMILES string of the molecule is COc1ccc(S(=O)(=O)n2cc(C(F)F)c3c(N4CCCCC4)cccc32)cc1. The van der Waals surface area contributed by atoms with Crippen LogP contribution < -0.4 is 9.64 Å². The summed E-state index contributed by atoms with van der Waals surface area (Å²) in [6.45, 7) is 1.55. The summed E-state index contributed by atoms with van der Waals surface area (Å²) in [5.41, 5.74) is 0.665. The standard InChI is InChI=1S/C21H22F2N2O3S/c1-28-15-8-10-16(11-9-15)29(26,27)25-14-17(21(22)23)20-18(6-5-7-19(20)25)24-12-3-2-4-13-24/h5-11,14,21H,2-4,12-13H2,1H3. The van der Waals surface area contributed by atoms with E-state index in [0.717, 1.165) is 42.5 Å². The number of nitrogens with zero attached hydrogens (tertiary/aromatic N) is 2. The van der Waals surface area contributed by atoms with E-state index in [1.165, 1.54) is 31.4 Å². The first-order valence-corrected chi connectivity index (χ1v) is 10.9. The molecule has 2 aromatic carbocycles. The molecule has 0 saturated carbocycles. The molecule has 1 aliphatic heterocycles. The molecule has 8 heteroatoms. The molecular formula is C21H22F2N2O3S. The average molecular weight is 420 g/mol. The Kier molecular flexibility index (Phi) is 5.21. The van der Waals surface area contributed by atoms with Crippen LogP contribution >= 0.6 is 0 Å². The summed E-state index contributed by atoms with van der Waals surface area (Å²) in [6.07, 6.45) is 1.37. The average Bonchev–Trinajstić information content (AvgIpc) is 3.15. The molecule has 2 heterocycles. The number of benzene rings is 2. The minimum atomic E-state index is -4.04. The van der Waals surface area contributed by atoms with Crippen molar-refractivity contribution < 1.29 is 21.9 Å². The molecule has 0 amide bonds. The second kappa shape index (κ2) is 7.67. The molecule has 0 spiro atoms. The Balaban J connectivity index is 1.91. The van der Waals surface area contributed by atoms with E-state index in [9.17, 15) is 17.2 Å². The molecule has 1 saturated heterocycles. The minimum absolute atomic E-state index is 0.0133. The fourth-order valence-electron chi connectivity index (χ4n) is 3.89. The van der Waals surface area contributed by atoms with Gasteiger partial charge in [-0.05, 0) is 55.7 Å². The molecule has 0 bridgehead atoms. The van der Waals surface area contributed by atoms with Gasteiger partial charge >= 0.3 is 0 Å². The highest BCUT2D eigenvalue weighted by Gasteiger charge is 2.27. The van der Waals surface area contributed by atoms with Crippen LogP contribution in [0.15, 0.2) is 53.6 Å². The summed E-state index contributed by atoms with van der Waals surface area (Å²) in [4.78, 5) is 2.08. The van der Waals surface area contributed by atoms with Gasteiger partial charge in [0.15, 0.2) is 0 Å². The van der Waals surface area contributed by atoms with Gasteiger partial charge in [0.2, 0.25) is 0 Å². The van der Waals surface area contributed by atoms with Crippen LogP contribution in [-0.4, -0.2) is 32.6 Å². The van der Waals surface area contributed by atoms with Crippen LogP contribution in [0.5, 0.6) is 5.75 Å². The maximum Gasteiger partial charge on any atom is 0.268 e. The zero-order valence-electron chi connectivity index (χ0n) is 16.0. The summed E-state index contributed by atoms with van der Waals surface area (Å²) >= 11 is 0. The van der Waals surface area contributed by atoms with Crippen LogP contribution in [0, 0.1) is 0 Å². The van der Waals surface area contributed by atoms with Crippen LogP contribution in [0.1, 0.15) is 31.3 Å². The van der Waals surface area contributed by atoms with Crippen molar-refractivity contribution in [2.24, 2.45) is 0 Å². The molecule has 29 heavy (non-hydrogen) atoms. The first kappa shape index (κ1) is 19.7. The quantitative estimate of drug-likeness (QED) is 0.594. The van der Waals surface area contributed by atoms with E-state index in [1.807, 2.05) is 0 Å². The van der Waals surface area contributed by atoms with Gasteiger partial charge in [-0.15, -0.1) is 0 Å². The zero-order valence-corrected chi connectivity index (χ0v) is 16.8. The first-order chi connectivity index (χ1) is 13.9. The van der Waals surface area contributed by atoms with Crippen molar-refractivity contribution in [3.8, 4) is 5.75 Å². The van der Waals surface area contributed by atoms with Crippen molar-refractivity contribution in [1.29, 1.82) is 0 Å². The van der Waals surface area contributed by atoms with Gasteiger partial charge in [0, 0.05) is 35.9 Å². The largest absolute Gasteiger partial charge is 0.497 e. The highest BCUT2D eigenvalue weighted by molar-refractivity contribution is 7.90. The van der Waals surface area contributed by atoms with Gasteiger partial charge in [0.1, 0.15) is 5.75 Å². The Labute approximate surface area is 168 Å². The van der Waals surface area contributed by atoms with Crippen LogP contribution in [-0.2, 0) is 10.0 Å². The molecule has 5 nitrogen and oxygen atoms in total. The maximum atomic E-state index is 13.9. The Morgan fingerprint density at radius 1 is 1.00 bits per heavy atom. The molecule has 0 radical (unpaired) electrons. The van der Waals surface area contributed by atoms with E-state index in [4.69, 9.17) is 4.74 Å². The van der Waals surface area contributed by atoms with Crippen molar-refractivity contribution in [1.82, 2.24) is 3.97 Å². The molecule has 1 aromatic heterocycles. The summed E-state index contributed by atoms with van der Waals surface area (Å²) in [7, 11) is -2.56. The summed E-state index contributed by atoms with van der Waals surface area (Å²) in [6, 6.07) is 11.0. The number of rotatable bonds is 5. The molecule has 1 fully saturated rings. The Hall–Kier alpha value is -2.61. The highest BCUT2D eigenvalue weighted by Crippen LogP contribution is 2.39. The van der Waals surface area contributed by atoms with Crippen molar-refractivity contribution in [3.63, 3.8) is 0 Å². The Morgan fingerprint density at radius 2 is 1.69 bits per heavy atom. The van der Waals surface area contributed by atoms with E-state index in [-0.39, 0.29) is 16.0 Å². The van der Waals surface area contributed by atoms with E-state index in [0.29, 0.717) is 16.8 Å². The Bertz CT molecular complexity index is 1120. The fraction of sp³-hybridized carbons (Fsp3) is 0.333. The smallest absolute Gasteiger partial charge is 0.268 e. The lowest BCUT2D eigenvalue weighted by Crippen LogP contribution is -2.29. The number of methoxy groups -OCH3 is 1. The van der Waals surface area contributed by atoms with Gasteiger partial charge < -0.3 is 9.64 Å². The predicted octanol–water partition coefficient (Wildman–Crippen LogP) is 4.81. The number of piperidine rings is 1. The number of hydrogen-bond acceptors (Lipinski definition) is 4. The van der Waals surface area contributed by atoms with Crippen LogP contribution in [0.2, 0.25) is 0 Å². The molecule has 0 unspecified atom stereocenters. The van der Waals surface area contributed by atoms with Gasteiger partial charge in [0.25, 0.3) is 16.4 Å². The fourth-order valence-corrected chi connectivity index (χ4v) is 5.26. The van der Waals surface area contributed by atoms with E-state index < -0.39 is 16.4 Å². The molecule has 0 atom stereocenters. The lowest BCUT2D eigenvalue weighted by molar-refractivity contribution is 0.153. The Morgan fingerprint density at radius 3 is 2.31 bits per heavy atom.